The van der Waals surface area contributed by atoms with Crippen LogP contribution < -0.4 is 20.3 Å². The third kappa shape index (κ3) is 7.27. The summed E-state index contributed by atoms with van der Waals surface area (Å²) in [4.78, 5) is 41.6. The maximum Gasteiger partial charge on any atom is 0.315 e. The molecular weight excluding hydrogens is 618 g/mol. The Hall–Kier alpha value is -4.29. The van der Waals surface area contributed by atoms with Crippen molar-refractivity contribution in [3.8, 4) is 11.5 Å². The standard InChI is InChI=1S/C28H25BrClN5O6/c1-3-4-5-25-33-22-11-6-18(29)14-21(22)28(37)34(25)31-15-17-12-23(35(38)39)27(24(13-17)40-2)41-16-26(36)32-20-9-7-19(30)8-10-20/h6-15H,3-5,16H2,1-2H3,(H,32,36). The third-order valence-corrected chi connectivity index (χ3v) is 6.65. The number of hydrogen-bond acceptors (Lipinski definition) is 8. The minimum absolute atomic E-state index is 0.0130. The van der Waals surface area contributed by atoms with Gasteiger partial charge in [0.1, 0.15) is 5.82 Å². The fourth-order valence-corrected chi connectivity index (χ4v) is 4.41. The van der Waals surface area contributed by atoms with Crippen molar-refractivity contribution in [2.24, 2.45) is 5.10 Å². The van der Waals surface area contributed by atoms with Gasteiger partial charge in [0.25, 0.3) is 11.5 Å². The molecule has 1 amide bonds. The molecule has 0 fully saturated rings. The summed E-state index contributed by atoms with van der Waals surface area (Å²) >= 11 is 9.24. The number of hydrogen-bond donors (Lipinski definition) is 1. The maximum atomic E-state index is 13.3. The first-order valence-electron chi connectivity index (χ1n) is 12.5. The van der Waals surface area contributed by atoms with Crippen LogP contribution in [0.4, 0.5) is 11.4 Å². The Morgan fingerprint density at radius 1 is 1.22 bits per heavy atom. The second-order valence-electron chi connectivity index (χ2n) is 8.83. The Balaban J connectivity index is 1.65. The van der Waals surface area contributed by atoms with Crippen LogP contribution in [0.25, 0.3) is 10.9 Å². The number of halogens is 2. The van der Waals surface area contributed by atoms with Crippen molar-refractivity contribution >= 4 is 61.9 Å². The Morgan fingerprint density at radius 3 is 2.66 bits per heavy atom. The van der Waals surface area contributed by atoms with Gasteiger partial charge in [0, 0.05) is 33.2 Å². The number of nitrogens with one attached hydrogen (secondary N) is 1. The fraction of sp³-hybridized carbons (Fsp3) is 0.214. The molecule has 1 aromatic heterocycles. The maximum absolute atomic E-state index is 13.3. The van der Waals surface area contributed by atoms with Crippen molar-refractivity contribution in [2.45, 2.75) is 26.2 Å². The van der Waals surface area contributed by atoms with Crippen molar-refractivity contribution in [1.82, 2.24) is 9.66 Å². The lowest BCUT2D eigenvalue weighted by molar-refractivity contribution is -0.385. The molecule has 212 valence electrons. The Labute approximate surface area is 248 Å². The van der Waals surface area contributed by atoms with Crippen molar-refractivity contribution < 1.29 is 19.2 Å². The van der Waals surface area contributed by atoms with Gasteiger partial charge >= 0.3 is 5.69 Å². The predicted octanol–water partition coefficient (Wildman–Crippen LogP) is 5.97. The zero-order chi connectivity index (χ0) is 29.5. The zero-order valence-electron chi connectivity index (χ0n) is 22.1. The number of nitrogens with zero attached hydrogens (tertiary/aromatic N) is 4. The molecule has 0 aliphatic heterocycles. The second kappa shape index (κ2) is 13.4. The SMILES string of the molecule is CCCCc1nc2ccc(Br)cc2c(=O)n1N=Cc1cc(OC)c(OCC(=O)Nc2ccc(Cl)cc2)c([N+](=O)[O-])c1. The van der Waals surface area contributed by atoms with Gasteiger partial charge in [-0.05, 0) is 55.0 Å². The number of rotatable bonds is 11. The highest BCUT2D eigenvalue weighted by Crippen LogP contribution is 2.38. The number of aryl methyl sites for hydroxylation is 1. The van der Waals surface area contributed by atoms with E-state index in [1.165, 1.54) is 30.1 Å². The quantitative estimate of drug-likeness (QED) is 0.121. The van der Waals surface area contributed by atoms with E-state index in [4.69, 9.17) is 21.1 Å². The number of aromatic nitrogens is 2. The molecule has 1 heterocycles. The van der Waals surface area contributed by atoms with E-state index in [9.17, 15) is 19.7 Å². The van der Waals surface area contributed by atoms with E-state index < -0.39 is 23.1 Å². The van der Waals surface area contributed by atoms with Crippen LogP contribution >= 0.6 is 27.5 Å². The Kier molecular flexibility index (Phi) is 9.69. The number of amides is 1. The molecule has 0 spiro atoms. The summed E-state index contributed by atoms with van der Waals surface area (Å²) in [5.74, 6) is -0.280. The molecule has 0 aliphatic rings. The lowest BCUT2D eigenvalue weighted by Gasteiger charge is -2.12. The molecule has 41 heavy (non-hydrogen) atoms. The Bertz CT molecular complexity index is 1690. The first kappa shape index (κ1) is 29.7. The van der Waals surface area contributed by atoms with Crippen molar-refractivity contribution in [3.05, 3.63) is 95.9 Å². The minimum Gasteiger partial charge on any atom is -0.493 e. The second-order valence-corrected chi connectivity index (χ2v) is 10.2. The molecule has 0 radical (unpaired) electrons. The van der Waals surface area contributed by atoms with Gasteiger partial charge in [-0.15, -0.1) is 0 Å². The van der Waals surface area contributed by atoms with Crippen molar-refractivity contribution in [3.63, 3.8) is 0 Å². The average molecular weight is 643 g/mol. The van der Waals surface area contributed by atoms with E-state index in [1.54, 1.807) is 36.4 Å². The summed E-state index contributed by atoms with van der Waals surface area (Å²) in [6, 6.07) is 14.4. The molecule has 13 heteroatoms. The van der Waals surface area contributed by atoms with Gasteiger partial charge in [-0.2, -0.15) is 9.78 Å². The summed E-state index contributed by atoms with van der Waals surface area (Å²) in [5, 5.41) is 19.8. The number of benzene rings is 3. The summed E-state index contributed by atoms with van der Waals surface area (Å²) in [6.07, 6.45) is 3.51. The molecule has 0 saturated carbocycles. The predicted molar refractivity (Wildman–Crippen MR) is 161 cm³/mol. The smallest absolute Gasteiger partial charge is 0.315 e. The van der Waals surface area contributed by atoms with Crippen LogP contribution in [-0.4, -0.2) is 40.4 Å². The number of carbonyl (C=O) groups excluding carboxylic acids is 1. The van der Waals surface area contributed by atoms with E-state index in [1.807, 2.05) is 13.0 Å². The van der Waals surface area contributed by atoms with E-state index >= 15 is 0 Å². The van der Waals surface area contributed by atoms with E-state index in [0.29, 0.717) is 33.9 Å². The third-order valence-electron chi connectivity index (χ3n) is 5.90. The van der Waals surface area contributed by atoms with Crippen LogP contribution in [0.2, 0.25) is 5.02 Å². The largest absolute Gasteiger partial charge is 0.493 e. The highest BCUT2D eigenvalue weighted by atomic mass is 79.9. The lowest BCUT2D eigenvalue weighted by Crippen LogP contribution is -2.22. The molecule has 0 unspecified atom stereocenters. The van der Waals surface area contributed by atoms with E-state index in [-0.39, 0.29) is 22.6 Å². The number of fused-ring (bicyclic) bond motifs is 1. The van der Waals surface area contributed by atoms with Crippen molar-refractivity contribution in [1.29, 1.82) is 0 Å². The molecule has 0 bridgehead atoms. The molecule has 1 N–H and O–H groups in total. The molecular formula is C28H25BrClN5O6. The van der Waals surface area contributed by atoms with Crippen LogP contribution in [0.5, 0.6) is 11.5 Å². The number of nitro benzene ring substituents is 1. The van der Waals surface area contributed by atoms with Gasteiger partial charge in [-0.3, -0.25) is 19.7 Å². The van der Waals surface area contributed by atoms with Crippen LogP contribution in [0.15, 0.2) is 69.0 Å². The molecule has 0 atom stereocenters. The molecule has 0 saturated heterocycles. The van der Waals surface area contributed by atoms with E-state index in [2.05, 4.69) is 31.3 Å². The summed E-state index contributed by atoms with van der Waals surface area (Å²) in [6.45, 7) is 1.52. The molecule has 4 rings (SSSR count). The highest BCUT2D eigenvalue weighted by molar-refractivity contribution is 9.10. The minimum atomic E-state index is -0.653. The number of methoxy groups -OCH3 is 1. The van der Waals surface area contributed by atoms with Gasteiger partial charge in [0.05, 0.1) is 29.2 Å². The molecule has 3 aromatic carbocycles. The number of carbonyl (C=O) groups is 1. The molecule has 0 aliphatic carbocycles. The topological polar surface area (TPSA) is 138 Å². The summed E-state index contributed by atoms with van der Waals surface area (Å²) < 4.78 is 12.8. The van der Waals surface area contributed by atoms with Gasteiger partial charge in [0.15, 0.2) is 12.4 Å². The van der Waals surface area contributed by atoms with Crippen molar-refractivity contribution in [2.75, 3.05) is 19.0 Å². The highest BCUT2D eigenvalue weighted by Gasteiger charge is 2.23. The van der Waals surface area contributed by atoms with Crippen LogP contribution in [0, 0.1) is 10.1 Å². The summed E-state index contributed by atoms with van der Waals surface area (Å²) in [5.41, 5.74) is 0.500. The summed E-state index contributed by atoms with van der Waals surface area (Å²) in [7, 11) is 1.32. The van der Waals surface area contributed by atoms with Gasteiger partial charge < -0.3 is 14.8 Å². The van der Waals surface area contributed by atoms with Crippen LogP contribution in [-0.2, 0) is 11.2 Å². The normalized spacial score (nSPS) is 11.1. The average Bonchev–Trinajstić information content (AvgIpc) is 2.95. The van der Waals surface area contributed by atoms with Gasteiger partial charge in [-0.25, -0.2) is 4.98 Å². The lowest BCUT2D eigenvalue weighted by atomic mass is 10.2. The van der Waals surface area contributed by atoms with Gasteiger partial charge in [0.2, 0.25) is 5.75 Å². The number of nitro groups is 1. The van der Waals surface area contributed by atoms with E-state index in [0.717, 1.165) is 17.3 Å². The number of ether oxygens (including phenoxy) is 2. The van der Waals surface area contributed by atoms with Crippen LogP contribution in [0.1, 0.15) is 31.2 Å². The monoisotopic (exact) mass is 641 g/mol. The first-order chi connectivity index (χ1) is 19.7. The Morgan fingerprint density at radius 2 is 1.98 bits per heavy atom. The van der Waals surface area contributed by atoms with Crippen LogP contribution in [0.3, 0.4) is 0 Å². The molecule has 4 aromatic rings. The zero-order valence-corrected chi connectivity index (χ0v) is 24.4. The number of unbranched alkanes of at least 4 members (excludes halogenated alkanes) is 1. The molecule has 11 nitrogen and oxygen atoms in total. The van der Waals surface area contributed by atoms with Gasteiger partial charge in [-0.1, -0.05) is 40.9 Å². The fourth-order valence-electron chi connectivity index (χ4n) is 3.92. The first-order valence-corrected chi connectivity index (χ1v) is 13.7. The number of anilines is 1.